The summed E-state index contributed by atoms with van der Waals surface area (Å²) < 4.78 is 7.37. The van der Waals surface area contributed by atoms with Crippen LogP contribution in [0, 0.1) is 0 Å². The number of rotatable bonds is 3. The lowest BCUT2D eigenvalue weighted by Gasteiger charge is -2.33. The summed E-state index contributed by atoms with van der Waals surface area (Å²) in [5.41, 5.74) is 0.805. The average molecular weight is 337 g/mol. The number of imidazole rings is 1. The molecule has 1 aliphatic rings. The number of likely N-dealkylation sites (N-methyl/N-ethyl adjacent to an activating group) is 1. The molecule has 0 spiro atoms. The Morgan fingerprint density at radius 3 is 3.09 bits per heavy atom. The summed E-state index contributed by atoms with van der Waals surface area (Å²) in [5, 5.41) is 4.80. The Hall–Kier alpha value is -2.13. The number of carbonyl (C=O) groups excluding carboxylic acids is 2. The van der Waals surface area contributed by atoms with Crippen LogP contribution in [-0.2, 0) is 16.1 Å². The molecule has 0 aromatic carbocycles. The highest BCUT2D eigenvalue weighted by Gasteiger charge is 2.30. The minimum atomic E-state index is -0.595. The second kappa shape index (κ2) is 6.55. The van der Waals surface area contributed by atoms with Crippen molar-refractivity contribution in [1.29, 1.82) is 0 Å². The highest BCUT2D eigenvalue weighted by molar-refractivity contribution is 7.15. The highest BCUT2D eigenvalue weighted by Crippen LogP contribution is 2.12. The monoisotopic (exact) mass is 337 g/mol. The normalized spacial score (nSPS) is 18.2. The van der Waals surface area contributed by atoms with Gasteiger partial charge in [-0.25, -0.2) is 9.78 Å². The summed E-state index contributed by atoms with van der Waals surface area (Å²) in [6, 6.07) is -0.207. The number of fused-ring (bicyclic) bond motifs is 1. The van der Waals surface area contributed by atoms with Gasteiger partial charge >= 0.3 is 6.03 Å². The molecule has 8 nitrogen and oxygen atoms in total. The number of hydrogen-bond donors (Lipinski definition) is 1. The van der Waals surface area contributed by atoms with Crippen molar-refractivity contribution in [2.45, 2.75) is 12.6 Å². The fraction of sp³-hybridized carbons (Fsp3) is 0.500. The van der Waals surface area contributed by atoms with E-state index in [1.54, 1.807) is 30.3 Å². The minimum absolute atomic E-state index is 0.128. The van der Waals surface area contributed by atoms with Crippen molar-refractivity contribution < 1.29 is 14.3 Å². The Balaban J connectivity index is 1.55. The van der Waals surface area contributed by atoms with Crippen molar-refractivity contribution in [2.24, 2.45) is 0 Å². The van der Waals surface area contributed by atoms with Gasteiger partial charge in [0.1, 0.15) is 0 Å². The van der Waals surface area contributed by atoms with E-state index in [4.69, 9.17) is 4.74 Å². The zero-order valence-electron chi connectivity index (χ0n) is 13.1. The quantitative estimate of drug-likeness (QED) is 0.879. The van der Waals surface area contributed by atoms with Gasteiger partial charge in [-0.2, -0.15) is 0 Å². The molecule has 2 aromatic rings. The summed E-state index contributed by atoms with van der Waals surface area (Å²) in [6.07, 6.45) is 3.23. The molecule has 0 bridgehead atoms. The lowest BCUT2D eigenvalue weighted by atomic mass is 10.2. The zero-order valence-corrected chi connectivity index (χ0v) is 13.9. The molecule has 1 N–H and O–H groups in total. The predicted octanol–water partition coefficient (Wildman–Crippen LogP) is 0.394. The number of carbonyl (C=O) groups is 2. The summed E-state index contributed by atoms with van der Waals surface area (Å²) in [7, 11) is 3.35. The van der Waals surface area contributed by atoms with Crippen LogP contribution >= 0.6 is 11.3 Å². The van der Waals surface area contributed by atoms with Crippen LogP contribution < -0.4 is 5.32 Å². The van der Waals surface area contributed by atoms with E-state index in [2.05, 4.69) is 10.3 Å². The fourth-order valence-corrected chi connectivity index (χ4v) is 3.13. The molecular weight excluding hydrogens is 318 g/mol. The van der Waals surface area contributed by atoms with Crippen LogP contribution in [0.4, 0.5) is 4.79 Å². The predicted molar refractivity (Wildman–Crippen MR) is 85.3 cm³/mol. The molecule has 1 saturated heterocycles. The van der Waals surface area contributed by atoms with Gasteiger partial charge in [0.2, 0.25) is 0 Å². The third kappa shape index (κ3) is 3.45. The van der Waals surface area contributed by atoms with Gasteiger partial charge in [-0.15, -0.1) is 11.3 Å². The Bertz CT molecular complexity index is 682. The molecule has 1 atom stereocenters. The maximum absolute atomic E-state index is 12.3. The van der Waals surface area contributed by atoms with Gasteiger partial charge in [0.05, 0.1) is 25.4 Å². The standard InChI is InChI=1S/C14H19N5O3S/c1-17(2)12(20)11-9-18(3-5-22-11)13(21)15-7-10-8-19-4-6-23-14(19)16-10/h4,6,8,11H,3,5,7,9H2,1-2H3,(H,15,21). The SMILES string of the molecule is CN(C)C(=O)C1CN(C(=O)NCc2cn3ccsc3n2)CCO1. The molecule has 1 unspecified atom stereocenters. The Morgan fingerprint density at radius 1 is 1.52 bits per heavy atom. The van der Waals surface area contributed by atoms with Gasteiger partial charge in [0.25, 0.3) is 5.91 Å². The first-order valence-electron chi connectivity index (χ1n) is 7.31. The topological polar surface area (TPSA) is 79.2 Å². The number of amides is 3. The second-order valence-corrected chi connectivity index (χ2v) is 6.39. The van der Waals surface area contributed by atoms with Crippen LogP contribution in [0.25, 0.3) is 4.96 Å². The van der Waals surface area contributed by atoms with Crippen LogP contribution in [0.2, 0.25) is 0 Å². The van der Waals surface area contributed by atoms with Crippen molar-refractivity contribution in [1.82, 2.24) is 24.5 Å². The molecule has 0 aliphatic carbocycles. The van der Waals surface area contributed by atoms with Crippen LogP contribution in [0.3, 0.4) is 0 Å². The van der Waals surface area contributed by atoms with Gasteiger partial charge < -0.3 is 19.9 Å². The lowest BCUT2D eigenvalue weighted by Crippen LogP contribution is -2.53. The van der Waals surface area contributed by atoms with Crippen LogP contribution in [0.15, 0.2) is 17.8 Å². The summed E-state index contributed by atoms with van der Waals surface area (Å²) in [6.45, 7) is 1.46. The van der Waals surface area contributed by atoms with Crippen molar-refractivity contribution in [3.05, 3.63) is 23.5 Å². The highest BCUT2D eigenvalue weighted by atomic mass is 32.1. The number of urea groups is 1. The number of morpholine rings is 1. The first-order chi connectivity index (χ1) is 11.0. The average Bonchev–Trinajstić information content (AvgIpc) is 3.13. The van der Waals surface area contributed by atoms with Gasteiger partial charge in [-0.3, -0.25) is 9.20 Å². The van der Waals surface area contributed by atoms with Crippen molar-refractivity contribution >= 4 is 28.2 Å². The van der Waals surface area contributed by atoms with Crippen LogP contribution in [0.5, 0.6) is 0 Å². The third-order valence-electron chi connectivity index (χ3n) is 3.63. The first kappa shape index (κ1) is 15.8. The summed E-state index contributed by atoms with van der Waals surface area (Å²) in [5.74, 6) is -0.128. The molecule has 9 heteroatoms. The molecule has 3 amide bonds. The van der Waals surface area contributed by atoms with E-state index in [-0.39, 0.29) is 18.5 Å². The summed E-state index contributed by atoms with van der Waals surface area (Å²) >= 11 is 1.55. The van der Waals surface area contributed by atoms with E-state index in [0.29, 0.717) is 19.7 Å². The van der Waals surface area contributed by atoms with Crippen molar-refractivity contribution in [2.75, 3.05) is 33.8 Å². The number of hydrogen-bond acceptors (Lipinski definition) is 5. The minimum Gasteiger partial charge on any atom is -0.365 e. The van der Waals surface area contributed by atoms with E-state index in [1.807, 2.05) is 22.2 Å². The molecule has 1 fully saturated rings. The maximum atomic E-state index is 12.3. The molecule has 1 aliphatic heterocycles. The molecule has 2 aromatic heterocycles. The largest absolute Gasteiger partial charge is 0.365 e. The number of thiazole rings is 1. The Kier molecular flexibility index (Phi) is 4.49. The smallest absolute Gasteiger partial charge is 0.317 e. The van der Waals surface area contributed by atoms with Gasteiger partial charge in [-0.05, 0) is 0 Å². The number of aromatic nitrogens is 2. The number of nitrogens with zero attached hydrogens (tertiary/aromatic N) is 4. The molecule has 124 valence electrons. The molecule has 0 saturated carbocycles. The van der Waals surface area contributed by atoms with Crippen LogP contribution in [0.1, 0.15) is 5.69 Å². The zero-order chi connectivity index (χ0) is 16.4. The molecule has 23 heavy (non-hydrogen) atoms. The number of nitrogens with one attached hydrogen (secondary N) is 1. The summed E-state index contributed by atoms with van der Waals surface area (Å²) in [4.78, 5) is 32.6. The van der Waals surface area contributed by atoms with Crippen molar-refractivity contribution in [3.8, 4) is 0 Å². The van der Waals surface area contributed by atoms with Gasteiger partial charge in [0, 0.05) is 38.4 Å². The second-order valence-electron chi connectivity index (χ2n) is 5.52. The molecular formula is C14H19N5O3S. The Labute approximate surface area is 137 Å². The maximum Gasteiger partial charge on any atom is 0.317 e. The van der Waals surface area contributed by atoms with Crippen LogP contribution in [-0.4, -0.2) is 71.0 Å². The third-order valence-corrected chi connectivity index (χ3v) is 4.40. The van der Waals surface area contributed by atoms with E-state index in [0.717, 1.165) is 10.7 Å². The van der Waals surface area contributed by atoms with Gasteiger partial charge in [-0.1, -0.05) is 0 Å². The fourth-order valence-electron chi connectivity index (χ4n) is 2.41. The molecule has 3 rings (SSSR count). The molecule has 3 heterocycles. The van der Waals surface area contributed by atoms with E-state index in [1.165, 1.54) is 4.90 Å². The van der Waals surface area contributed by atoms with Gasteiger partial charge in [0.15, 0.2) is 11.1 Å². The molecule has 0 radical (unpaired) electrons. The first-order valence-corrected chi connectivity index (χ1v) is 8.19. The Morgan fingerprint density at radius 2 is 2.35 bits per heavy atom. The van der Waals surface area contributed by atoms with E-state index >= 15 is 0 Å². The van der Waals surface area contributed by atoms with E-state index < -0.39 is 6.10 Å². The number of ether oxygens (including phenoxy) is 1. The van der Waals surface area contributed by atoms with Crippen molar-refractivity contribution in [3.63, 3.8) is 0 Å². The van der Waals surface area contributed by atoms with E-state index in [9.17, 15) is 9.59 Å². The lowest BCUT2D eigenvalue weighted by molar-refractivity contribution is -0.145.